The molecule has 0 N–H and O–H groups in total. The first-order valence-electron chi connectivity index (χ1n) is 10.9. The normalized spacial score (nSPS) is 33.0. The van der Waals surface area contributed by atoms with Crippen LogP contribution in [0.5, 0.6) is 0 Å². The molecule has 3 aliphatic heterocycles. The lowest BCUT2D eigenvalue weighted by molar-refractivity contribution is -0.138. The zero-order valence-corrected chi connectivity index (χ0v) is 16.3. The highest BCUT2D eigenvalue weighted by Gasteiger charge is 2.66. The molecule has 4 fully saturated rings. The molecule has 28 heavy (non-hydrogen) atoms. The second-order valence-electron chi connectivity index (χ2n) is 9.08. The molecule has 3 atom stereocenters. The number of likely N-dealkylation sites (tertiary alicyclic amines) is 1. The van der Waals surface area contributed by atoms with Crippen molar-refractivity contribution in [3.05, 3.63) is 48.5 Å². The highest BCUT2D eigenvalue weighted by molar-refractivity contribution is 5.90. The van der Waals surface area contributed by atoms with E-state index in [1.54, 1.807) is 0 Å². The van der Waals surface area contributed by atoms with Gasteiger partial charge in [-0.2, -0.15) is 0 Å². The van der Waals surface area contributed by atoms with Gasteiger partial charge in [-0.05, 0) is 62.9 Å². The number of rotatable bonds is 3. The number of amides is 1. The number of nitrogens with zero attached hydrogens (tertiary/aromatic N) is 4. The summed E-state index contributed by atoms with van der Waals surface area (Å²) in [6, 6.07) is 9.31. The molecule has 4 aliphatic rings. The number of carbonyl (C=O) groups excluding carboxylic acids is 1. The van der Waals surface area contributed by atoms with Gasteiger partial charge in [0.15, 0.2) is 0 Å². The van der Waals surface area contributed by atoms with Crippen LogP contribution >= 0.6 is 0 Å². The van der Waals surface area contributed by atoms with E-state index >= 15 is 0 Å². The molecule has 5 heterocycles. The van der Waals surface area contributed by atoms with Crippen LogP contribution in [0.1, 0.15) is 56.7 Å². The zero-order valence-electron chi connectivity index (χ0n) is 16.3. The summed E-state index contributed by atoms with van der Waals surface area (Å²) in [6.45, 7) is 2.02. The number of pyridine rings is 1. The van der Waals surface area contributed by atoms with Crippen molar-refractivity contribution in [2.45, 2.75) is 62.6 Å². The second kappa shape index (κ2) is 6.18. The van der Waals surface area contributed by atoms with E-state index in [0.29, 0.717) is 23.9 Å². The largest absolute Gasteiger partial charge is 0.338 e. The van der Waals surface area contributed by atoms with E-state index < -0.39 is 0 Å². The molecule has 0 radical (unpaired) electrons. The summed E-state index contributed by atoms with van der Waals surface area (Å²) in [5, 5.41) is 0. The van der Waals surface area contributed by atoms with E-state index in [-0.39, 0.29) is 5.54 Å². The van der Waals surface area contributed by atoms with E-state index in [4.69, 9.17) is 0 Å². The first-order valence-corrected chi connectivity index (χ1v) is 10.9. The first-order chi connectivity index (χ1) is 13.8. The van der Waals surface area contributed by atoms with Crippen LogP contribution in [0.25, 0.3) is 5.69 Å². The Morgan fingerprint density at radius 1 is 1.11 bits per heavy atom. The molecule has 1 amide bonds. The standard InChI is InChI=1S/C23H28N4O/c28-22-23-10-5-13-27(23)21(14-17(23)16-26(22)18-6-1-2-7-18)20-9-4-12-25(20)19-8-3-11-24-15-19/h3-4,8-9,11-12,15,17-18,21H,1-2,5-7,10,13-14,16H2/t17-,21-,23-/m0/s1. The van der Waals surface area contributed by atoms with E-state index in [2.05, 4.69) is 43.7 Å². The number of aromatic nitrogens is 2. The molecule has 1 aliphatic carbocycles. The smallest absolute Gasteiger partial charge is 0.243 e. The van der Waals surface area contributed by atoms with E-state index in [1.165, 1.54) is 31.4 Å². The average molecular weight is 377 g/mol. The third kappa shape index (κ3) is 2.17. The van der Waals surface area contributed by atoms with Crippen LogP contribution in [0.2, 0.25) is 0 Å². The minimum Gasteiger partial charge on any atom is -0.338 e. The Hall–Kier alpha value is -2.14. The van der Waals surface area contributed by atoms with Crippen molar-refractivity contribution >= 4 is 5.91 Å². The highest BCUT2D eigenvalue weighted by atomic mass is 16.2. The molecule has 3 saturated heterocycles. The van der Waals surface area contributed by atoms with E-state index in [9.17, 15) is 4.79 Å². The van der Waals surface area contributed by atoms with Crippen molar-refractivity contribution < 1.29 is 4.79 Å². The molecule has 146 valence electrons. The molecular weight excluding hydrogens is 348 g/mol. The maximum atomic E-state index is 13.7. The minimum atomic E-state index is -0.225. The Balaban J connectivity index is 1.35. The van der Waals surface area contributed by atoms with Crippen molar-refractivity contribution in [2.75, 3.05) is 13.1 Å². The Morgan fingerprint density at radius 3 is 2.82 bits per heavy atom. The van der Waals surface area contributed by atoms with Crippen LogP contribution in [0.3, 0.4) is 0 Å². The lowest BCUT2D eigenvalue weighted by atomic mass is 9.85. The van der Waals surface area contributed by atoms with Crippen LogP contribution in [0, 0.1) is 5.92 Å². The second-order valence-corrected chi connectivity index (χ2v) is 9.08. The fourth-order valence-electron chi connectivity index (χ4n) is 6.73. The summed E-state index contributed by atoms with van der Waals surface area (Å²) in [5.41, 5.74) is 2.19. The monoisotopic (exact) mass is 376 g/mol. The van der Waals surface area contributed by atoms with Crippen LogP contribution in [-0.2, 0) is 4.79 Å². The van der Waals surface area contributed by atoms with Gasteiger partial charge >= 0.3 is 0 Å². The zero-order chi connectivity index (χ0) is 18.7. The topological polar surface area (TPSA) is 41.4 Å². The van der Waals surface area contributed by atoms with Crippen molar-refractivity contribution in [2.24, 2.45) is 5.92 Å². The predicted octanol–water partition coefficient (Wildman–Crippen LogP) is 3.55. The van der Waals surface area contributed by atoms with Gasteiger partial charge in [-0.15, -0.1) is 0 Å². The van der Waals surface area contributed by atoms with Gasteiger partial charge in [0, 0.05) is 36.6 Å². The fraction of sp³-hybridized carbons (Fsp3) is 0.565. The van der Waals surface area contributed by atoms with Crippen LogP contribution in [-0.4, -0.2) is 49.9 Å². The SMILES string of the molecule is O=C1N(C2CCCC2)C[C@@H]2C[C@@H](c3cccn3-c3cccnc3)N3CCC[C@@]123. The Labute approximate surface area is 166 Å². The van der Waals surface area contributed by atoms with E-state index in [1.807, 2.05) is 18.5 Å². The molecule has 2 aromatic rings. The fourth-order valence-corrected chi connectivity index (χ4v) is 6.73. The predicted molar refractivity (Wildman–Crippen MR) is 107 cm³/mol. The first kappa shape index (κ1) is 16.8. The molecule has 1 saturated carbocycles. The minimum absolute atomic E-state index is 0.225. The Morgan fingerprint density at radius 2 is 2.00 bits per heavy atom. The van der Waals surface area contributed by atoms with Gasteiger partial charge in [-0.1, -0.05) is 12.8 Å². The third-order valence-corrected chi connectivity index (χ3v) is 7.89. The van der Waals surface area contributed by atoms with Crippen LogP contribution in [0.15, 0.2) is 42.9 Å². The summed E-state index contributed by atoms with van der Waals surface area (Å²) in [6.07, 6.45) is 14.2. The van der Waals surface area contributed by atoms with Crippen molar-refractivity contribution in [1.29, 1.82) is 0 Å². The quantitative estimate of drug-likeness (QED) is 0.823. The van der Waals surface area contributed by atoms with Crippen LogP contribution in [0.4, 0.5) is 0 Å². The van der Waals surface area contributed by atoms with Gasteiger partial charge in [0.05, 0.1) is 17.9 Å². The lowest BCUT2D eigenvalue weighted by Gasteiger charge is -2.35. The molecule has 2 aromatic heterocycles. The molecule has 0 aromatic carbocycles. The van der Waals surface area contributed by atoms with Crippen molar-refractivity contribution in [1.82, 2.24) is 19.4 Å². The molecular formula is C23H28N4O. The van der Waals surface area contributed by atoms with Crippen molar-refractivity contribution in [3.63, 3.8) is 0 Å². The van der Waals surface area contributed by atoms with Gasteiger partial charge in [0.1, 0.15) is 5.54 Å². The molecule has 5 nitrogen and oxygen atoms in total. The Bertz CT molecular complexity index is 887. The van der Waals surface area contributed by atoms with E-state index in [0.717, 1.165) is 38.0 Å². The summed E-state index contributed by atoms with van der Waals surface area (Å²) in [5.74, 6) is 0.925. The van der Waals surface area contributed by atoms with Gasteiger partial charge in [0.2, 0.25) is 5.91 Å². The maximum absolute atomic E-state index is 13.7. The lowest BCUT2D eigenvalue weighted by Crippen LogP contribution is -2.51. The number of hydrogen-bond acceptors (Lipinski definition) is 3. The van der Waals surface area contributed by atoms with Gasteiger partial charge in [0.25, 0.3) is 0 Å². The molecule has 1 spiro atoms. The number of carbonyl (C=O) groups is 1. The molecule has 6 rings (SSSR count). The average Bonchev–Trinajstić information content (AvgIpc) is 3.52. The van der Waals surface area contributed by atoms with Crippen molar-refractivity contribution in [3.8, 4) is 5.69 Å². The molecule has 0 bridgehead atoms. The summed E-state index contributed by atoms with van der Waals surface area (Å²) in [7, 11) is 0. The number of hydrogen-bond donors (Lipinski definition) is 0. The molecule has 5 heteroatoms. The van der Waals surface area contributed by atoms with Crippen LogP contribution < -0.4 is 0 Å². The highest BCUT2D eigenvalue weighted by Crippen LogP contribution is 2.56. The van der Waals surface area contributed by atoms with Gasteiger partial charge < -0.3 is 9.47 Å². The van der Waals surface area contributed by atoms with Gasteiger partial charge in [-0.3, -0.25) is 14.7 Å². The summed E-state index contributed by atoms with van der Waals surface area (Å²) >= 11 is 0. The Kier molecular flexibility index (Phi) is 3.70. The van der Waals surface area contributed by atoms with Gasteiger partial charge in [-0.25, -0.2) is 0 Å². The molecule has 0 unspecified atom stereocenters. The summed E-state index contributed by atoms with van der Waals surface area (Å²) in [4.78, 5) is 22.9. The maximum Gasteiger partial charge on any atom is 0.243 e. The summed E-state index contributed by atoms with van der Waals surface area (Å²) < 4.78 is 2.27. The third-order valence-electron chi connectivity index (χ3n) is 7.89.